The molecule has 0 radical (unpaired) electrons. The molecule has 2 aliphatic rings. The number of thiazole rings is 1. The van der Waals surface area contributed by atoms with Gasteiger partial charge in [0.05, 0.1) is 10.6 Å². The Hall–Kier alpha value is -2.17. The van der Waals surface area contributed by atoms with Gasteiger partial charge in [0.25, 0.3) is 0 Å². The number of Topliss-reactive ketones (excluding diaryl/α,β-unsaturated/α-hetero) is 1. The van der Waals surface area contributed by atoms with Gasteiger partial charge in [-0.15, -0.1) is 0 Å². The van der Waals surface area contributed by atoms with E-state index in [-0.39, 0.29) is 35.6 Å². The number of hydrogen-bond acceptors (Lipinski definition) is 7. The molecule has 2 aromatic rings. The minimum Gasteiger partial charge on any atom is -0.302 e. The van der Waals surface area contributed by atoms with E-state index in [0.717, 1.165) is 18.5 Å². The summed E-state index contributed by atoms with van der Waals surface area (Å²) < 4.78 is 26.7. The van der Waals surface area contributed by atoms with E-state index < -0.39 is 10.0 Å². The van der Waals surface area contributed by atoms with Crippen LogP contribution < -0.4 is 5.32 Å². The third kappa shape index (κ3) is 3.71. The lowest BCUT2D eigenvalue weighted by atomic mass is 9.97. The second kappa shape index (κ2) is 7.69. The number of aryl methyl sites for hydroxylation is 1. The largest absolute Gasteiger partial charge is 0.302 e. The van der Waals surface area contributed by atoms with E-state index in [9.17, 15) is 18.0 Å². The molecule has 1 aliphatic carbocycles. The molecular weight excluding hydrogens is 400 g/mol. The summed E-state index contributed by atoms with van der Waals surface area (Å²) in [6.07, 6.45) is 5.83. The number of aromatic nitrogens is 2. The molecule has 0 atom stereocenters. The lowest BCUT2D eigenvalue weighted by Gasteiger charge is -2.30. The molecule has 10 heteroatoms. The Balaban J connectivity index is 1.37. The standard InChI is InChI=1S/C18H20N4O4S2/c23-15-5-1-4-14-16(15)27-18(20-14)21-17(24)12-6-9-22(10-7-12)28(25,26)13-3-2-8-19-11-13/h2-3,8,11-12H,1,4-7,9-10H2,(H,20,21,24). The second-order valence-corrected chi connectivity index (χ2v) is 9.86. The molecule has 3 heterocycles. The van der Waals surface area contributed by atoms with Crippen LogP contribution in [0.2, 0.25) is 0 Å². The van der Waals surface area contributed by atoms with Crippen molar-refractivity contribution in [3.05, 3.63) is 35.1 Å². The molecule has 1 N–H and O–H groups in total. The van der Waals surface area contributed by atoms with Crippen molar-refractivity contribution in [1.29, 1.82) is 0 Å². The number of amides is 1. The predicted molar refractivity (Wildman–Crippen MR) is 104 cm³/mol. The van der Waals surface area contributed by atoms with Crippen LogP contribution in [0.15, 0.2) is 29.4 Å². The van der Waals surface area contributed by atoms with Crippen LogP contribution in [0.4, 0.5) is 5.13 Å². The van der Waals surface area contributed by atoms with Gasteiger partial charge in [-0.3, -0.25) is 14.6 Å². The number of hydrogen-bond donors (Lipinski definition) is 1. The van der Waals surface area contributed by atoms with E-state index in [1.807, 2.05) is 0 Å². The third-order valence-corrected chi connectivity index (χ3v) is 8.03. The summed E-state index contributed by atoms with van der Waals surface area (Å²) in [4.78, 5) is 33.6. The molecule has 4 rings (SSSR count). The quantitative estimate of drug-likeness (QED) is 0.811. The molecular formula is C18H20N4O4S2. The summed E-state index contributed by atoms with van der Waals surface area (Å²) in [6.45, 7) is 0.560. The van der Waals surface area contributed by atoms with Gasteiger partial charge in [0.15, 0.2) is 10.9 Å². The highest BCUT2D eigenvalue weighted by Crippen LogP contribution is 2.31. The molecule has 2 aromatic heterocycles. The van der Waals surface area contributed by atoms with E-state index in [0.29, 0.717) is 29.3 Å². The molecule has 0 bridgehead atoms. The molecule has 1 aliphatic heterocycles. The Bertz CT molecular complexity index is 996. The van der Waals surface area contributed by atoms with Gasteiger partial charge >= 0.3 is 0 Å². The first kappa shape index (κ1) is 19.2. The van der Waals surface area contributed by atoms with Crippen molar-refractivity contribution in [3.8, 4) is 0 Å². The molecule has 28 heavy (non-hydrogen) atoms. The fourth-order valence-electron chi connectivity index (χ4n) is 3.54. The van der Waals surface area contributed by atoms with E-state index >= 15 is 0 Å². The number of pyridine rings is 1. The third-order valence-electron chi connectivity index (χ3n) is 5.10. The summed E-state index contributed by atoms with van der Waals surface area (Å²) in [5.41, 5.74) is 0.772. The minimum absolute atomic E-state index is 0.0909. The van der Waals surface area contributed by atoms with Gasteiger partial charge < -0.3 is 5.32 Å². The number of nitrogens with one attached hydrogen (secondary N) is 1. The van der Waals surface area contributed by atoms with Crippen LogP contribution in [0.25, 0.3) is 0 Å². The number of rotatable bonds is 4. The summed E-state index contributed by atoms with van der Waals surface area (Å²) in [5.74, 6) is -0.359. The van der Waals surface area contributed by atoms with Crippen LogP contribution in [0.5, 0.6) is 0 Å². The van der Waals surface area contributed by atoms with Crippen molar-refractivity contribution in [1.82, 2.24) is 14.3 Å². The van der Waals surface area contributed by atoms with Crippen LogP contribution >= 0.6 is 11.3 Å². The smallest absolute Gasteiger partial charge is 0.244 e. The number of carbonyl (C=O) groups excluding carboxylic acids is 2. The molecule has 8 nitrogen and oxygen atoms in total. The van der Waals surface area contributed by atoms with Gasteiger partial charge in [0.2, 0.25) is 15.9 Å². The monoisotopic (exact) mass is 420 g/mol. The molecule has 0 aromatic carbocycles. The topological polar surface area (TPSA) is 109 Å². The van der Waals surface area contributed by atoms with Gasteiger partial charge in [-0.1, -0.05) is 11.3 Å². The van der Waals surface area contributed by atoms with Crippen molar-refractivity contribution in [2.24, 2.45) is 5.92 Å². The van der Waals surface area contributed by atoms with Crippen molar-refractivity contribution < 1.29 is 18.0 Å². The molecule has 0 saturated carbocycles. The van der Waals surface area contributed by atoms with Crippen molar-refractivity contribution >= 4 is 38.2 Å². The van der Waals surface area contributed by atoms with Gasteiger partial charge in [0, 0.05) is 37.8 Å². The maximum absolute atomic E-state index is 12.6. The summed E-state index contributed by atoms with van der Waals surface area (Å²) in [6, 6.07) is 3.11. The van der Waals surface area contributed by atoms with Crippen LogP contribution in [-0.4, -0.2) is 47.5 Å². The lowest BCUT2D eigenvalue weighted by Crippen LogP contribution is -2.41. The first-order chi connectivity index (χ1) is 13.4. The predicted octanol–water partition coefficient (Wildman–Crippen LogP) is 2.10. The first-order valence-corrected chi connectivity index (χ1v) is 11.4. The van der Waals surface area contributed by atoms with E-state index in [1.165, 1.54) is 34.1 Å². The Morgan fingerprint density at radius 3 is 2.71 bits per heavy atom. The number of nitrogens with zero attached hydrogens (tertiary/aromatic N) is 3. The zero-order valence-corrected chi connectivity index (χ0v) is 16.8. The second-order valence-electron chi connectivity index (χ2n) is 6.93. The number of anilines is 1. The van der Waals surface area contributed by atoms with Gasteiger partial charge in [-0.25, -0.2) is 13.4 Å². The Kier molecular flexibility index (Phi) is 5.26. The van der Waals surface area contributed by atoms with Crippen molar-refractivity contribution in [2.75, 3.05) is 18.4 Å². The first-order valence-electron chi connectivity index (χ1n) is 9.19. The van der Waals surface area contributed by atoms with Gasteiger partial charge in [0.1, 0.15) is 4.90 Å². The van der Waals surface area contributed by atoms with E-state index in [1.54, 1.807) is 6.07 Å². The number of fused-ring (bicyclic) bond motifs is 1. The SMILES string of the molecule is O=C1CCCc2nc(NC(=O)C3CCN(S(=O)(=O)c4cccnc4)CC3)sc21. The fraction of sp³-hybridized carbons (Fsp3) is 0.444. The average Bonchev–Trinajstić information content (AvgIpc) is 3.12. The average molecular weight is 421 g/mol. The van der Waals surface area contributed by atoms with E-state index in [2.05, 4.69) is 15.3 Å². The highest BCUT2D eigenvalue weighted by molar-refractivity contribution is 7.89. The molecule has 1 saturated heterocycles. The Morgan fingerprint density at radius 2 is 2.04 bits per heavy atom. The van der Waals surface area contributed by atoms with Crippen molar-refractivity contribution in [2.45, 2.75) is 37.0 Å². The minimum atomic E-state index is -3.59. The van der Waals surface area contributed by atoms with Crippen LogP contribution in [-0.2, 0) is 21.2 Å². The maximum Gasteiger partial charge on any atom is 0.244 e. The van der Waals surface area contributed by atoms with Crippen molar-refractivity contribution in [3.63, 3.8) is 0 Å². The van der Waals surface area contributed by atoms with E-state index in [4.69, 9.17) is 0 Å². The fourth-order valence-corrected chi connectivity index (χ4v) is 5.95. The lowest BCUT2D eigenvalue weighted by molar-refractivity contribution is -0.120. The van der Waals surface area contributed by atoms with Crippen LogP contribution in [0.1, 0.15) is 41.0 Å². The number of sulfonamides is 1. The normalized spacial score (nSPS) is 18.6. The number of carbonyl (C=O) groups is 2. The summed E-state index contributed by atoms with van der Waals surface area (Å²) >= 11 is 1.23. The molecule has 1 amide bonds. The highest BCUT2D eigenvalue weighted by atomic mass is 32.2. The van der Waals surface area contributed by atoms with Gasteiger partial charge in [-0.2, -0.15) is 4.31 Å². The molecule has 1 fully saturated rings. The molecule has 0 unspecified atom stereocenters. The maximum atomic E-state index is 12.6. The van der Waals surface area contributed by atoms with Gasteiger partial charge in [-0.05, 0) is 37.8 Å². The number of piperidine rings is 1. The molecule has 0 spiro atoms. The summed E-state index contributed by atoms with van der Waals surface area (Å²) in [7, 11) is -3.59. The zero-order valence-electron chi connectivity index (χ0n) is 15.1. The Morgan fingerprint density at radius 1 is 1.25 bits per heavy atom. The summed E-state index contributed by atoms with van der Waals surface area (Å²) in [5, 5.41) is 3.27. The Labute approximate surface area is 167 Å². The molecule has 148 valence electrons. The highest BCUT2D eigenvalue weighted by Gasteiger charge is 2.33. The van der Waals surface area contributed by atoms with Crippen LogP contribution in [0, 0.1) is 5.92 Å². The number of ketones is 1. The zero-order chi connectivity index (χ0) is 19.7. The van der Waals surface area contributed by atoms with Crippen LogP contribution in [0.3, 0.4) is 0 Å².